The number of amides is 1. The van der Waals surface area contributed by atoms with Crippen molar-refractivity contribution in [2.75, 3.05) is 13.7 Å². The number of halogens is 1. The van der Waals surface area contributed by atoms with Gasteiger partial charge in [0.2, 0.25) is 5.91 Å². The Morgan fingerprint density at radius 3 is 2.49 bits per heavy atom. The Morgan fingerprint density at radius 1 is 1.08 bits per heavy atom. The molecule has 1 atom stereocenters. The van der Waals surface area contributed by atoms with Crippen molar-refractivity contribution < 1.29 is 49.8 Å². The summed E-state index contributed by atoms with van der Waals surface area (Å²) in [6.45, 7) is 0.666. The quantitative estimate of drug-likeness (QED) is 0.204. The molecule has 5 rings (SSSR count). The Kier molecular flexibility index (Phi) is 10.7. The number of benzene rings is 3. The summed E-state index contributed by atoms with van der Waals surface area (Å²) in [5, 5.41) is 6.94. The summed E-state index contributed by atoms with van der Waals surface area (Å²) < 4.78 is 24.9. The molecule has 0 fully saturated rings. The molecule has 0 radical (unpaired) electrons. The zero-order valence-electron chi connectivity index (χ0n) is 20.2. The number of imidazole rings is 1. The van der Waals surface area contributed by atoms with Crippen molar-refractivity contribution in [1.82, 2.24) is 15.3 Å². The number of aromatic nitrogens is 2. The van der Waals surface area contributed by atoms with Crippen molar-refractivity contribution in [1.29, 1.82) is 0 Å². The smallest absolute Gasteiger partial charge is 0.680 e. The van der Waals surface area contributed by atoms with Crippen molar-refractivity contribution in [3.8, 4) is 11.5 Å². The summed E-state index contributed by atoms with van der Waals surface area (Å²) in [6, 6.07) is 20.6. The van der Waals surface area contributed by atoms with Crippen LogP contribution in [0.5, 0.6) is 11.5 Å². The maximum absolute atomic E-state index is 13.1. The molecule has 0 aliphatic carbocycles. The third-order valence-corrected chi connectivity index (χ3v) is 5.24. The average Bonchev–Trinajstić information content (AvgIpc) is 3.61. The van der Waals surface area contributed by atoms with Crippen LogP contribution in [-0.4, -0.2) is 29.5 Å². The van der Waals surface area contributed by atoms with Gasteiger partial charge in [-0.1, -0.05) is 30.3 Å². The minimum absolute atomic E-state index is 0. The Balaban J connectivity index is 0.00000124. The van der Waals surface area contributed by atoms with E-state index in [0.29, 0.717) is 23.9 Å². The Bertz CT molecular complexity index is 1330. The predicted molar refractivity (Wildman–Crippen MR) is 136 cm³/mol. The first-order valence-corrected chi connectivity index (χ1v) is 11.4. The van der Waals surface area contributed by atoms with E-state index in [9.17, 15) is 9.18 Å². The van der Waals surface area contributed by atoms with Crippen LogP contribution >= 0.6 is 0 Å². The maximum Gasteiger partial charge on any atom is 2.00 e. The molecule has 0 saturated heterocycles. The molecule has 0 saturated carbocycles. The van der Waals surface area contributed by atoms with Gasteiger partial charge in [0, 0.05) is 12.5 Å². The van der Waals surface area contributed by atoms with Crippen LogP contribution in [0, 0.1) is 36.9 Å². The van der Waals surface area contributed by atoms with Crippen molar-refractivity contribution in [2.24, 2.45) is 0 Å². The number of carbonyl (C=O) groups excluding carboxylic acids is 1. The maximum atomic E-state index is 13.1. The van der Waals surface area contributed by atoms with Crippen LogP contribution in [0.4, 0.5) is 4.39 Å². The molecule has 188 valence electrons. The van der Waals surface area contributed by atoms with Gasteiger partial charge in [0.15, 0.2) is 0 Å². The van der Waals surface area contributed by atoms with Gasteiger partial charge in [0.1, 0.15) is 29.2 Å². The topological polar surface area (TPSA) is 114 Å². The van der Waals surface area contributed by atoms with E-state index in [-0.39, 0.29) is 55.9 Å². The SMILES string of the molecule is C[NH-].O=C(CC1=C[N-]1)N[C@@H](COCc1ccccc1)c1nc2ccc(Oc3ccc(F)cc3)cc2[nH]1.[U+2]. The Morgan fingerprint density at radius 2 is 1.78 bits per heavy atom. The van der Waals surface area contributed by atoms with E-state index in [0.717, 1.165) is 22.3 Å². The molecule has 1 aliphatic rings. The van der Waals surface area contributed by atoms with E-state index in [4.69, 9.17) is 15.2 Å². The van der Waals surface area contributed by atoms with Crippen LogP contribution < -0.4 is 10.1 Å². The number of nitrogens with zero attached hydrogens (tertiary/aromatic N) is 2. The van der Waals surface area contributed by atoms with Crippen LogP contribution in [0.1, 0.15) is 23.9 Å². The predicted octanol–water partition coefficient (Wildman–Crippen LogP) is 6.16. The van der Waals surface area contributed by atoms with E-state index in [1.54, 1.807) is 24.4 Å². The summed E-state index contributed by atoms with van der Waals surface area (Å²) in [5.74, 6) is 1.21. The number of H-pyrrole nitrogens is 1. The van der Waals surface area contributed by atoms with Crippen LogP contribution in [0.25, 0.3) is 22.1 Å². The summed E-state index contributed by atoms with van der Waals surface area (Å²) in [4.78, 5) is 20.4. The van der Waals surface area contributed by atoms with E-state index in [2.05, 4.69) is 20.6 Å². The molecule has 3 N–H and O–H groups in total. The fourth-order valence-electron chi connectivity index (χ4n) is 3.48. The van der Waals surface area contributed by atoms with Gasteiger partial charge in [-0.25, -0.2) is 9.37 Å². The molecule has 4 aromatic rings. The molecule has 3 aromatic carbocycles. The van der Waals surface area contributed by atoms with Gasteiger partial charge < -0.3 is 30.8 Å². The number of hydrogen-bond donors (Lipinski definition) is 2. The fraction of sp³-hybridized carbons (Fsp3) is 0.185. The molecule has 0 unspecified atom stereocenters. The zero-order valence-corrected chi connectivity index (χ0v) is 24.4. The Labute approximate surface area is 238 Å². The molecule has 1 aliphatic heterocycles. The van der Waals surface area contributed by atoms with Gasteiger partial charge in [0.25, 0.3) is 0 Å². The third-order valence-electron chi connectivity index (χ3n) is 5.24. The normalized spacial score (nSPS) is 12.2. The van der Waals surface area contributed by atoms with Gasteiger partial charge >= 0.3 is 31.1 Å². The summed E-state index contributed by atoms with van der Waals surface area (Å²) >= 11 is 0. The molecule has 37 heavy (non-hydrogen) atoms. The second kappa shape index (κ2) is 14.0. The summed E-state index contributed by atoms with van der Waals surface area (Å²) in [7, 11) is 1.25. The third kappa shape index (κ3) is 8.44. The van der Waals surface area contributed by atoms with Gasteiger partial charge in [-0.2, -0.15) is 18.9 Å². The van der Waals surface area contributed by atoms with Crippen LogP contribution in [0.2, 0.25) is 0 Å². The number of carbonyl (C=O) groups is 1. The van der Waals surface area contributed by atoms with E-state index >= 15 is 0 Å². The monoisotopic (exact) mass is 725 g/mol. The molecule has 0 spiro atoms. The number of fused-ring (bicyclic) bond motifs is 1. The van der Waals surface area contributed by atoms with Gasteiger partial charge in [0.05, 0.1) is 24.2 Å². The minimum atomic E-state index is -0.468. The second-order valence-corrected chi connectivity index (χ2v) is 7.90. The second-order valence-electron chi connectivity index (χ2n) is 7.90. The molecule has 0 bridgehead atoms. The largest absolute Gasteiger partial charge is 2.00 e. The van der Waals surface area contributed by atoms with Gasteiger partial charge in [-0.3, -0.25) is 4.79 Å². The van der Waals surface area contributed by atoms with Crippen molar-refractivity contribution in [2.45, 2.75) is 19.1 Å². The first-order chi connectivity index (χ1) is 17.6. The standard InChI is InChI=1S/C26H22FN4O3.CH4N.U/c27-18-6-8-20(9-7-18)34-21-10-11-22-23(13-21)31-26(30-22)24(29-25(32)12-19-14-28-19)16-33-15-17-4-2-1-3-5-17;1-2;/h1-11,13-14,24H,12,15-16H2,(H,29,32)(H,30,31);2H,1H3;/q2*-1;+2/t24-;;/m0../s1. The van der Waals surface area contributed by atoms with Crippen LogP contribution in [0.3, 0.4) is 0 Å². The summed E-state index contributed by atoms with van der Waals surface area (Å²) in [5.41, 5.74) is 9.04. The molecule has 10 heteroatoms. The Hall–Kier alpha value is -3.16. The molecular weight excluding hydrogens is 699 g/mol. The first-order valence-electron chi connectivity index (χ1n) is 11.4. The number of hydrogen-bond acceptors (Lipinski definition) is 4. The minimum Gasteiger partial charge on any atom is -0.680 e. The van der Waals surface area contributed by atoms with Crippen LogP contribution in [0.15, 0.2) is 84.7 Å². The number of ether oxygens (including phenoxy) is 2. The molecule has 1 aromatic heterocycles. The van der Waals surface area contributed by atoms with Gasteiger partial charge in [-0.15, -0.1) is 0 Å². The zero-order chi connectivity index (χ0) is 25.3. The molecule has 8 nitrogen and oxygen atoms in total. The number of rotatable bonds is 10. The van der Waals surface area contributed by atoms with E-state index < -0.39 is 6.04 Å². The molecular formula is C27H26FN5O3U. The first kappa shape index (κ1) is 28.4. The molecule has 2 heterocycles. The number of aromatic amines is 1. The van der Waals surface area contributed by atoms with Crippen molar-refractivity contribution in [3.05, 3.63) is 113 Å². The summed E-state index contributed by atoms with van der Waals surface area (Å²) in [6.07, 6.45) is 1.90. The van der Waals surface area contributed by atoms with Crippen molar-refractivity contribution >= 4 is 16.9 Å². The van der Waals surface area contributed by atoms with E-state index in [1.807, 2.05) is 42.5 Å². The van der Waals surface area contributed by atoms with Gasteiger partial charge in [-0.05, 0) is 42.0 Å². The fourth-order valence-corrected chi connectivity index (χ4v) is 3.48. The van der Waals surface area contributed by atoms with Crippen LogP contribution in [-0.2, 0) is 16.1 Å². The van der Waals surface area contributed by atoms with Crippen molar-refractivity contribution in [3.63, 3.8) is 0 Å². The average molecular weight is 726 g/mol. The van der Waals surface area contributed by atoms with E-state index in [1.165, 1.54) is 19.2 Å². The number of nitrogens with one attached hydrogen (secondary N) is 3. The molecule has 1 amide bonds.